The molecule has 24 aromatic rings. The maximum atomic E-state index is 5.65. The van der Waals surface area contributed by atoms with Crippen molar-refractivity contribution in [3.63, 3.8) is 0 Å². The summed E-state index contributed by atoms with van der Waals surface area (Å²) in [5, 5.41) is 22.5. The number of hydrogen-bond donors (Lipinski definition) is 0. The van der Waals surface area contributed by atoms with Crippen molar-refractivity contribution in [2.45, 2.75) is 0 Å². The number of pyridine rings is 5. The number of thiophene rings is 2. The summed E-state index contributed by atoms with van der Waals surface area (Å²) < 4.78 is 4.91. The summed E-state index contributed by atoms with van der Waals surface area (Å²) in [5.74, 6) is 0.690. The van der Waals surface area contributed by atoms with Gasteiger partial charge in [-0.05, 0) is 171 Å². The van der Waals surface area contributed by atoms with Crippen molar-refractivity contribution in [1.82, 2.24) is 34.9 Å². The molecule has 0 aliphatic carbocycles. The Kier molecular flexibility index (Phi) is 16.5. The van der Waals surface area contributed by atoms with Crippen molar-refractivity contribution in [3.05, 3.63) is 395 Å². The highest BCUT2D eigenvalue weighted by molar-refractivity contribution is 7.27. The van der Waals surface area contributed by atoms with Gasteiger partial charge in [0.2, 0.25) is 0 Å². The summed E-state index contributed by atoms with van der Waals surface area (Å²) >= 11 is 3.66. The lowest BCUT2D eigenvalue weighted by Gasteiger charge is -2.14. The van der Waals surface area contributed by atoms with E-state index in [1.165, 1.54) is 105 Å². The molecule has 0 saturated heterocycles. The van der Waals surface area contributed by atoms with Gasteiger partial charge in [0.15, 0.2) is 5.82 Å². The Morgan fingerprint density at radius 3 is 1.13 bits per heavy atom. The monoisotopic (exact) mass is 1540 g/mol. The Hall–Kier alpha value is -15.1. The minimum absolute atomic E-state index is 0.690. The van der Waals surface area contributed by atoms with Gasteiger partial charge in [-0.1, -0.05) is 303 Å². The molecule has 0 saturated carbocycles. The van der Waals surface area contributed by atoms with E-state index in [2.05, 4.69) is 344 Å². The van der Waals surface area contributed by atoms with E-state index >= 15 is 0 Å². The van der Waals surface area contributed by atoms with Gasteiger partial charge in [0.1, 0.15) is 0 Å². The lowest BCUT2D eigenvalue weighted by Crippen LogP contribution is -1.96. The fourth-order valence-electron chi connectivity index (χ4n) is 17.8. The zero-order valence-electron chi connectivity index (χ0n) is 63.5. The number of nitrogens with zero attached hydrogens (tertiary/aromatic N) is 7. The maximum Gasteiger partial charge on any atom is 0.160 e. The van der Waals surface area contributed by atoms with E-state index in [4.69, 9.17) is 24.9 Å². The number of fused-ring (bicyclic) bond motifs is 22. The van der Waals surface area contributed by atoms with Crippen LogP contribution in [0.1, 0.15) is 0 Å². The van der Waals surface area contributed by atoms with Gasteiger partial charge in [-0.25, -0.2) is 24.9 Å². The van der Waals surface area contributed by atoms with E-state index in [-0.39, 0.29) is 0 Å². The summed E-state index contributed by atoms with van der Waals surface area (Å²) in [7, 11) is 0. The van der Waals surface area contributed by atoms with Gasteiger partial charge in [0, 0.05) is 87.5 Å². The second-order valence-electron chi connectivity index (χ2n) is 30.0. The third kappa shape index (κ3) is 11.7. The van der Waals surface area contributed by atoms with Gasteiger partial charge in [-0.15, -0.1) is 22.7 Å². The molecule has 8 heterocycles. The molecule has 8 aromatic heterocycles. The molecule has 0 aliphatic rings. The zero-order chi connectivity index (χ0) is 77.7. The summed E-state index contributed by atoms with van der Waals surface area (Å²) in [4.78, 5) is 35.8. The minimum Gasteiger partial charge on any atom is -0.255 e. The second-order valence-corrected chi connectivity index (χ2v) is 32.1. The summed E-state index contributed by atoms with van der Waals surface area (Å²) in [6, 6.07) is 136. The van der Waals surface area contributed by atoms with Gasteiger partial charge in [-0.3, -0.25) is 9.97 Å². The fourth-order valence-corrected chi connectivity index (χ4v) is 20.2. The quantitative estimate of drug-likeness (QED) is 0.126. The number of benzene rings is 16. The molecular formula is C109H65N7S2. The predicted octanol–water partition coefficient (Wildman–Crippen LogP) is 29.8. The van der Waals surface area contributed by atoms with Gasteiger partial charge >= 0.3 is 0 Å². The highest BCUT2D eigenvalue weighted by Crippen LogP contribution is 2.50. The summed E-state index contributed by atoms with van der Waals surface area (Å²) in [5.41, 5.74) is 20.9. The second kappa shape index (κ2) is 28.5. The van der Waals surface area contributed by atoms with E-state index in [0.29, 0.717) is 5.82 Å². The van der Waals surface area contributed by atoms with Crippen LogP contribution < -0.4 is 0 Å². The molecule has 0 atom stereocenters. The first kappa shape index (κ1) is 68.5. The van der Waals surface area contributed by atoms with E-state index in [1.54, 1.807) is 12.4 Å². The van der Waals surface area contributed by atoms with Crippen LogP contribution in [-0.4, -0.2) is 34.9 Å². The highest BCUT2D eigenvalue weighted by Gasteiger charge is 2.24. The molecule has 0 unspecified atom stereocenters. The van der Waals surface area contributed by atoms with Crippen molar-refractivity contribution >= 4 is 149 Å². The van der Waals surface area contributed by atoms with Crippen molar-refractivity contribution < 1.29 is 0 Å². The summed E-state index contributed by atoms with van der Waals surface area (Å²) in [6.07, 6.45) is 3.61. The van der Waals surface area contributed by atoms with Crippen LogP contribution in [0.4, 0.5) is 0 Å². The first-order valence-corrected chi connectivity index (χ1v) is 41.4. The van der Waals surface area contributed by atoms with E-state index in [9.17, 15) is 0 Å². The molecule has 16 aromatic carbocycles. The highest BCUT2D eigenvalue weighted by atomic mass is 32.1. The maximum absolute atomic E-state index is 5.65. The smallest absolute Gasteiger partial charge is 0.160 e. The summed E-state index contributed by atoms with van der Waals surface area (Å²) in [6.45, 7) is 0. The van der Waals surface area contributed by atoms with Crippen LogP contribution >= 0.6 is 22.7 Å². The first-order valence-electron chi connectivity index (χ1n) is 39.7. The van der Waals surface area contributed by atoms with Gasteiger partial charge < -0.3 is 0 Å². The van der Waals surface area contributed by atoms with Gasteiger partial charge in [0.25, 0.3) is 0 Å². The molecule has 0 amide bonds. The molecule has 548 valence electrons. The number of para-hydroxylation sites is 1. The third-order valence-electron chi connectivity index (χ3n) is 23.2. The van der Waals surface area contributed by atoms with Crippen molar-refractivity contribution in [3.8, 4) is 113 Å². The molecule has 24 rings (SSSR count). The molecule has 7 nitrogen and oxygen atoms in total. The Morgan fingerprint density at radius 2 is 0.593 bits per heavy atom. The molecule has 0 fully saturated rings. The normalized spacial score (nSPS) is 11.7. The Balaban J connectivity index is 0.000000138. The fraction of sp³-hybridized carbons (Fsp3) is 0. The molecular weight excluding hydrogens is 1470 g/mol. The Bertz CT molecular complexity index is 7990. The molecule has 9 heteroatoms. The van der Waals surface area contributed by atoms with Crippen molar-refractivity contribution in [2.75, 3.05) is 0 Å². The van der Waals surface area contributed by atoms with Gasteiger partial charge in [-0.2, -0.15) is 0 Å². The predicted molar refractivity (Wildman–Crippen MR) is 498 cm³/mol. The first-order chi connectivity index (χ1) is 58.5. The average Bonchev–Trinajstić information content (AvgIpc) is 1.63. The van der Waals surface area contributed by atoms with Crippen LogP contribution in [0.3, 0.4) is 0 Å². The number of hydrogen-bond acceptors (Lipinski definition) is 9. The standard InChI is InChI=1S/C55H33N3S.C54H32N4S/c1-3-15-34(16-4-1)48-33-49(35-17-5-2-6-18-35)58-55(57-48)38-20-13-19-36(31-38)39-26-14-27-47-51(39)52-45-25-11-12-28-50(45)59-54(52)53(56-47)37-29-30-44-42-23-8-7-21-40(42)41-22-9-10-24-43(41)46(44)32-37;1-2-14-40-38(12-1)39-13-3-4-15-41(39)45-30-35(26-27-42(40)45)52-54-51(43-16-5-6-21-50(43)59-54)44-18-11-17-37(53(44)58-52)34-24-22-33(23-25-34)36-31-48(46-19-7-9-28-55-46)57-49(32-36)47-20-8-10-29-56-47/h1-33H;1-32H. The largest absolute Gasteiger partial charge is 0.255 e. The van der Waals surface area contributed by atoms with E-state index in [0.717, 1.165) is 129 Å². The molecule has 0 spiro atoms. The lowest BCUT2D eigenvalue weighted by atomic mass is 9.92. The number of aromatic nitrogens is 7. The Labute approximate surface area is 686 Å². The van der Waals surface area contributed by atoms with Crippen LogP contribution in [0, 0.1) is 0 Å². The van der Waals surface area contributed by atoms with E-state index in [1.807, 2.05) is 71.2 Å². The zero-order valence-corrected chi connectivity index (χ0v) is 65.1. The molecule has 118 heavy (non-hydrogen) atoms. The van der Waals surface area contributed by atoms with Crippen LogP contribution in [0.2, 0.25) is 0 Å². The average molecular weight is 1540 g/mol. The van der Waals surface area contributed by atoms with Crippen LogP contribution in [0.5, 0.6) is 0 Å². The van der Waals surface area contributed by atoms with E-state index < -0.39 is 0 Å². The Morgan fingerprint density at radius 1 is 0.186 bits per heavy atom. The molecule has 0 aliphatic heterocycles. The van der Waals surface area contributed by atoms with Crippen LogP contribution in [0.15, 0.2) is 395 Å². The van der Waals surface area contributed by atoms with Gasteiger partial charge in [0.05, 0.1) is 66.0 Å². The van der Waals surface area contributed by atoms with Crippen LogP contribution in [-0.2, 0) is 0 Å². The third-order valence-corrected chi connectivity index (χ3v) is 25.6. The van der Waals surface area contributed by atoms with Crippen LogP contribution in [0.25, 0.3) is 239 Å². The molecule has 0 bridgehead atoms. The molecule has 0 N–H and O–H groups in total. The topological polar surface area (TPSA) is 90.2 Å². The molecule has 0 radical (unpaired) electrons. The van der Waals surface area contributed by atoms with Crippen molar-refractivity contribution in [2.24, 2.45) is 0 Å². The van der Waals surface area contributed by atoms with Crippen molar-refractivity contribution in [1.29, 1.82) is 0 Å². The number of rotatable bonds is 10. The lowest BCUT2D eigenvalue weighted by molar-refractivity contribution is 1.18. The minimum atomic E-state index is 0.690. The SMILES string of the molecule is c1ccc(-c2cc(-c3ccc(-c4cccc5c4nc(-c4ccc6c7ccccc7c7ccccc7c6c4)c4sc6ccccc6c45)cc3)cc(-c3ccccn3)n2)nc1.c1ccc(-c2cc(-c3ccccc3)nc(-c3cccc(-c4cccc5nc(-c6ccc7c8ccccc8c8ccccc8c7c6)c6sc7ccccc7c6c45)c3)n2)cc1.